The summed E-state index contributed by atoms with van der Waals surface area (Å²) in [6.07, 6.45) is 2.47. The molecule has 2 rings (SSSR count). The summed E-state index contributed by atoms with van der Waals surface area (Å²) in [5, 5.41) is 0. The third kappa shape index (κ3) is 23.8. The predicted octanol–water partition coefficient (Wildman–Crippen LogP) is 10.6. The van der Waals surface area contributed by atoms with Crippen LogP contribution < -0.4 is 4.74 Å². The van der Waals surface area contributed by atoms with Gasteiger partial charge in [0.2, 0.25) is 0 Å². The summed E-state index contributed by atoms with van der Waals surface area (Å²) in [4.78, 5) is 37.2. The van der Waals surface area contributed by atoms with Gasteiger partial charge in [0.05, 0.1) is 25.6 Å². The highest BCUT2D eigenvalue weighted by atomic mass is 19.0. The molecule has 0 aliphatic rings. The standard InChI is InChI=1S/C31H40O7.7CH4.FH.H2/c1-5-24-12-14-25(15-13-24)16-17-28(20-23(3)32)37-31(34)22-29(38-30(33)21-26(6-2)35-4)18-19-36-27-10-8-7-9-11-27;;;;;;;;;/h5,7-15,26,28-29H,1,6,16-22H2,2-4H3;7*1H4;2*1H/i;;;;;;;;;1+1. The lowest BCUT2D eigenvalue weighted by Gasteiger charge is -2.21. The number of hydrogen-bond donors (Lipinski definition) is 0. The number of rotatable bonds is 18. The van der Waals surface area contributed by atoms with Crippen LogP contribution in [-0.2, 0) is 35.0 Å². The van der Waals surface area contributed by atoms with E-state index in [1.54, 1.807) is 13.2 Å². The molecule has 7 nitrogen and oxygen atoms in total. The van der Waals surface area contributed by atoms with Crippen molar-refractivity contribution in [3.63, 3.8) is 0 Å². The summed E-state index contributed by atoms with van der Waals surface area (Å²) in [6, 6.07) is 17.2. The lowest BCUT2D eigenvalue weighted by atomic mass is 10.0. The Labute approximate surface area is 283 Å². The minimum Gasteiger partial charge on any atom is -0.493 e. The molecule has 2 aromatic rings. The monoisotopic (exact) mass is 660 g/mol. The van der Waals surface area contributed by atoms with Crippen molar-refractivity contribution < 1.29 is 39.5 Å². The number of Topliss-reactive ketones (excluding diaryl/α,β-unsaturated/α-hetero) is 1. The van der Waals surface area contributed by atoms with Gasteiger partial charge in [-0.25, -0.2) is 0 Å². The van der Waals surface area contributed by atoms with Gasteiger partial charge in [0.1, 0.15) is 23.7 Å². The van der Waals surface area contributed by atoms with E-state index < -0.39 is 24.1 Å². The average molecular weight is 660 g/mol. The molecular weight excluding hydrogens is 587 g/mol. The van der Waals surface area contributed by atoms with Crippen LogP contribution in [0.1, 0.15) is 117 Å². The van der Waals surface area contributed by atoms with Crippen LogP contribution in [0.15, 0.2) is 61.2 Å². The molecule has 0 bridgehead atoms. The fourth-order valence-electron chi connectivity index (χ4n) is 3.93. The smallest absolute Gasteiger partial charge is 0.309 e. The first-order chi connectivity index (χ1) is 18.3. The van der Waals surface area contributed by atoms with Crippen molar-refractivity contribution in [2.75, 3.05) is 13.7 Å². The highest BCUT2D eigenvalue weighted by Gasteiger charge is 2.24. The van der Waals surface area contributed by atoms with Crippen LogP contribution in [0.25, 0.3) is 6.08 Å². The number of carbonyl (C=O) groups excluding carboxylic acids is 3. The molecule has 0 aliphatic carbocycles. The fourth-order valence-corrected chi connectivity index (χ4v) is 3.93. The summed E-state index contributed by atoms with van der Waals surface area (Å²) in [5.41, 5.74) is 2.10. The SMILES string of the molecule is C.C.C.C.C.C.C.C=Cc1ccc(CCC(CC(C)=O)OC(=O)CC(CCOc2ccccc2)OC(=O)CC(CC)OC)cc1.F.[2HH]. The van der Waals surface area contributed by atoms with E-state index in [2.05, 4.69) is 6.58 Å². The van der Waals surface area contributed by atoms with E-state index in [1.165, 1.54) is 6.92 Å². The predicted molar refractivity (Wildman–Crippen MR) is 199 cm³/mol. The maximum atomic E-state index is 12.9. The van der Waals surface area contributed by atoms with Crippen LogP contribution in [0.5, 0.6) is 5.75 Å². The van der Waals surface area contributed by atoms with Crippen LogP contribution in [0.2, 0.25) is 0 Å². The molecule has 3 unspecified atom stereocenters. The van der Waals surface area contributed by atoms with Gasteiger partial charge in [-0.1, -0.05) is 114 Å². The van der Waals surface area contributed by atoms with Crippen molar-refractivity contribution in [2.24, 2.45) is 0 Å². The summed E-state index contributed by atoms with van der Waals surface area (Å²) in [6.45, 7) is 7.42. The molecule has 0 heterocycles. The number of aryl methyl sites for hydroxylation is 1. The number of para-hydroxylation sites is 1. The van der Waals surface area contributed by atoms with Gasteiger partial charge < -0.3 is 18.9 Å². The van der Waals surface area contributed by atoms with Gasteiger partial charge in [0.15, 0.2) is 0 Å². The first-order valence-electron chi connectivity index (χ1n) is 13.1. The van der Waals surface area contributed by atoms with Gasteiger partial charge >= 0.3 is 11.9 Å². The molecule has 0 spiro atoms. The summed E-state index contributed by atoms with van der Waals surface area (Å²) < 4.78 is 22.4. The molecule has 3 atom stereocenters. The lowest BCUT2D eigenvalue weighted by Crippen LogP contribution is -2.29. The second-order valence-corrected chi connectivity index (χ2v) is 9.24. The normalized spacial score (nSPS) is 10.8. The zero-order valence-corrected chi connectivity index (χ0v) is 23.1. The van der Waals surface area contributed by atoms with E-state index in [9.17, 15) is 14.4 Å². The zero-order valence-electron chi connectivity index (χ0n) is 23.1. The number of esters is 2. The van der Waals surface area contributed by atoms with Gasteiger partial charge in [0.25, 0.3) is 0 Å². The maximum Gasteiger partial charge on any atom is 0.309 e. The number of hydrogen-bond acceptors (Lipinski definition) is 7. The topological polar surface area (TPSA) is 88.1 Å². The Morgan fingerprint density at radius 2 is 1.26 bits per heavy atom. The van der Waals surface area contributed by atoms with Crippen molar-refractivity contribution >= 4 is 23.8 Å². The second kappa shape index (κ2) is 32.9. The van der Waals surface area contributed by atoms with E-state index in [0.717, 1.165) is 11.1 Å². The van der Waals surface area contributed by atoms with E-state index in [-0.39, 0.29) is 95.9 Å². The molecular formula is C38H71FO7. The second-order valence-electron chi connectivity index (χ2n) is 9.24. The summed E-state index contributed by atoms with van der Waals surface area (Å²) in [7, 11) is 1.55. The number of ether oxygens (including phenoxy) is 4. The quantitative estimate of drug-likeness (QED) is 0.147. The van der Waals surface area contributed by atoms with Crippen molar-refractivity contribution in [1.82, 2.24) is 0 Å². The fraction of sp³-hybridized carbons (Fsp3) is 0.553. The van der Waals surface area contributed by atoms with Gasteiger partial charge in [-0.15, -0.1) is 0 Å². The van der Waals surface area contributed by atoms with Crippen molar-refractivity contribution in [3.05, 3.63) is 72.3 Å². The number of ketones is 1. The zero-order chi connectivity index (χ0) is 27.8. The minimum atomic E-state index is -0.725. The molecule has 0 amide bonds. The molecule has 2 aromatic carbocycles. The largest absolute Gasteiger partial charge is 0.493 e. The first kappa shape index (κ1) is 58.1. The highest BCUT2D eigenvalue weighted by Crippen LogP contribution is 2.17. The molecule has 46 heavy (non-hydrogen) atoms. The molecule has 272 valence electrons. The number of halogens is 1. The Balaban J connectivity index is -0.000000282. The van der Waals surface area contributed by atoms with Crippen LogP contribution in [0.3, 0.4) is 0 Å². The van der Waals surface area contributed by atoms with Gasteiger partial charge in [-0.2, -0.15) is 0 Å². The van der Waals surface area contributed by atoms with Crippen LogP contribution in [0, 0.1) is 0 Å². The molecule has 0 saturated carbocycles. The summed E-state index contributed by atoms with van der Waals surface area (Å²) >= 11 is 0. The van der Waals surface area contributed by atoms with Crippen molar-refractivity contribution in [1.29, 1.82) is 0 Å². The third-order valence-electron chi connectivity index (χ3n) is 6.11. The van der Waals surface area contributed by atoms with E-state index in [1.807, 2.05) is 61.5 Å². The lowest BCUT2D eigenvalue weighted by molar-refractivity contribution is -0.160. The van der Waals surface area contributed by atoms with Gasteiger partial charge in [-0.05, 0) is 49.4 Å². The molecule has 8 heteroatoms. The maximum absolute atomic E-state index is 12.9. The van der Waals surface area contributed by atoms with Crippen LogP contribution in [0.4, 0.5) is 4.70 Å². The van der Waals surface area contributed by atoms with Crippen molar-refractivity contribution in [3.8, 4) is 5.75 Å². The third-order valence-corrected chi connectivity index (χ3v) is 6.11. The van der Waals surface area contributed by atoms with E-state index in [4.69, 9.17) is 18.9 Å². The molecule has 0 aromatic heterocycles. The molecule has 0 radical (unpaired) electrons. The molecule has 0 N–H and O–H groups in total. The Kier molecular flexibility index (Phi) is 41.5. The number of benzene rings is 2. The minimum absolute atomic E-state index is 0. The molecule has 0 fully saturated rings. The highest BCUT2D eigenvalue weighted by molar-refractivity contribution is 5.77. The Hall–Kier alpha value is -3.52. The molecule has 0 aliphatic heterocycles. The van der Waals surface area contributed by atoms with Crippen LogP contribution in [-0.4, -0.2) is 49.8 Å². The number of carbonyl (C=O) groups is 3. The average Bonchev–Trinajstić information content (AvgIpc) is 2.90. The Morgan fingerprint density at radius 3 is 1.72 bits per heavy atom. The van der Waals surface area contributed by atoms with Gasteiger partial charge in [0, 0.05) is 21.4 Å². The van der Waals surface area contributed by atoms with Crippen molar-refractivity contribution in [2.45, 2.75) is 129 Å². The van der Waals surface area contributed by atoms with E-state index in [0.29, 0.717) is 31.4 Å². The molecule has 0 saturated heterocycles. The first-order valence-corrected chi connectivity index (χ1v) is 13.1. The Morgan fingerprint density at radius 1 is 0.761 bits per heavy atom. The van der Waals surface area contributed by atoms with Crippen LogP contribution >= 0.6 is 0 Å². The number of methoxy groups -OCH3 is 1. The summed E-state index contributed by atoms with van der Waals surface area (Å²) in [5.74, 6) is -0.337. The Bertz CT molecular complexity index is 1010. The van der Waals surface area contributed by atoms with Gasteiger partial charge in [-0.3, -0.25) is 19.1 Å². The van der Waals surface area contributed by atoms with E-state index >= 15 is 0 Å².